The van der Waals surface area contributed by atoms with Gasteiger partial charge in [0.25, 0.3) is 0 Å². The highest BCUT2D eigenvalue weighted by Crippen LogP contribution is 2.08. The Morgan fingerprint density at radius 2 is 1.57 bits per heavy atom. The minimum atomic E-state index is -0.0606. The van der Waals surface area contributed by atoms with Gasteiger partial charge >= 0.3 is 0 Å². The minimum absolute atomic E-state index is 0.0606. The fraction of sp³-hybridized carbons (Fsp3) is 0.846. The highest BCUT2D eigenvalue weighted by molar-refractivity contribution is 4.81. The largest absolute Gasteiger partial charge is 0.393 e. The molecule has 14 heavy (non-hydrogen) atoms. The van der Waals surface area contributed by atoms with Gasteiger partial charge in [0.1, 0.15) is 0 Å². The molecule has 0 saturated heterocycles. The lowest BCUT2D eigenvalue weighted by Crippen LogP contribution is -2.05. The van der Waals surface area contributed by atoms with Crippen LogP contribution in [0, 0.1) is 0 Å². The fourth-order valence-corrected chi connectivity index (χ4v) is 1.46. The quantitative estimate of drug-likeness (QED) is 0.437. The summed E-state index contributed by atoms with van der Waals surface area (Å²) in [4.78, 5) is 0. The van der Waals surface area contributed by atoms with Crippen LogP contribution in [-0.2, 0) is 0 Å². The predicted octanol–water partition coefficient (Wildman–Crippen LogP) is 4.06. The Morgan fingerprint density at radius 3 is 2.21 bits per heavy atom. The zero-order chi connectivity index (χ0) is 10.6. The Bertz CT molecular complexity index is 129. The van der Waals surface area contributed by atoms with Crippen LogP contribution in [0.15, 0.2) is 12.2 Å². The normalized spacial score (nSPS) is 13.6. The highest BCUT2D eigenvalue weighted by atomic mass is 16.3. The van der Waals surface area contributed by atoms with Gasteiger partial charge in [0.2, 0.25) is 0 Å². The smallest absolute Gasteiger partial charge is 0.0540 e. The molecule has 0 rings (SSSR count). The predicted molar refractivity (Wildman–Crippen MR) is 63.4 cm³/mol. The van der Waals surface area contributed by atoms with Gasteiger partial charge in [0, 0.05) is 0 Å². The van der Waals surface area contributed by atoms with E-state index in [-0.39, 0.29) is 6.10 Å². The highest BCUT2D eigenvalue weighted by Gasteiger charge is 2.01. The summed E-state index contributed by atoms with van der Waals surface area (Å²) in [6.07, 6.45) is 13.4. The van der Waals surface area contributed by atoms with Crippen molar-refractivity contribution in [2.75, 3.05) is 0 Å². The maximum absolute atomic E-state index is 9.56. The first-order valence-electron chi connectivity index (χ1n) is 6.14. The number of aliphatic hydroxyl groups is 1. The molecule has 0 fully saturated rings. The van der Waals surface area contributed by atoms with Gasteiger partial charge in [-0.3, -0.25) is 0 Å². The molecule has 0 aliphatic carbocycles. The van der Waals surface area contributed by atoms with Crippen LogP contribution in [-0.4, -0.2) is 11.2 Å². The Labute approximate surface area is 89.2 Å². The third kappa shape index (κ3) is 9.79. The van der Waals surface area contributed by atoms with Crippen LogP contribution in [0.5, 0.6) is 0 Å². The van der Waals surface area contributed by atoms with Gasteiger partial charge in [0.05, 0.1) is 6.10 Å². The van der Waals surface area contributed by atoms with Crippen molar-refractivity contribution >= 4 is 0 Å². The standard InChI is InChI=1S/C13H26O/c1-3-5-7-8-9-10-12-13(14)11-6-4-2/h7-8,13-14H,3-6,9-12H2,1-2H3/b8-7-. The second-order valence-corrected chi connectivity index (χ2v) is 3.99. The van der Waals surface area contributed by atoms with Gasteiger partial charge in [0.15, 0.2) is 0 Å². The topological polar surface area (TPSA) is 20.2 Å². The van der Waals surface area contributed by atoms with Gasteiger partial charge in [-0.15, -0.1) is 0 Å². The van der Waals surface area contributed by atoms with E-state index in [2.05, 4.69) is 26.0 Å². The summed E-state index contributed by atoms with van der Waals surface area (Å²) in [5.41, 5.74) is 0. The summed E-state index contributed by atoms with van der Waals surface area (Å²) in [6.45, 7) is 4.36. The summed E-state index contributed by atoms with van der Waals surface area (Å²) >= 11 is 0. The molecule has 0 aromatic rings. The SMILES string of the molecule is CCC/C=C\CCCC(O)CCCC. The molecule has 1 N–H and O–H groups in total. The van der Waals surface area contributed by atoms with Gasteiger partial charge in [-0.1, -0.05) is 45.3 Å². The van der Waals surface area contributed by atoms with Crippen LogP contribution in [0.2, 0.25) is 0 Å². The Kier molecular flexibility index (Phi) is 10.5. The Hall–Kier alpha value is -0.300. The van der Waals surface area contributed by atoms with E-state index in [4.69, 9.17) is 0 Å². The molecule has 1 unspecified atom stereocenters. The fourth-order valence-electron chi connectivity index (χ4n) is 1.46. The van der Waals surface area contributed by atoms with Crippen LogP contribution in [0.1, 0.15) is 65.2 Å². The first-order chi connectivity index (χ1) is 6.81. The molecule has 1 atom stereocenters. The van der Waals surface area contributed by atoms with Crippen molar-refractivity contribution in [3.05, 3.63) is 12.2 Å². The lowest BCUT2D eigenvalue weighted by Gasteiger charge is -2.07. The average molecular weight is 198 g/mol. The number of hydrogen-bond donors (Lipinski definition) is 1. The van der Waals surface area contributed by atoms with Gasteiger partial charge in [-0.25, -0.2) is 0 Å². The van der Waals surface area contributed by atoms with Crippen LogP contribution in [0.4, 0.5) is 0 Å². The van der Waals surface area contributed by atoms with Crippen LogP contribution < -0.4 is 0 Å². The second-order valence-electron chi connectivity index (χ2n) is 3.99. The zero-order valence-electron chi connectivity index (χ0n) is 9.84. The maximum atomic E-state index is 9.56. The van der Waals surface area contributed by atoms with Crippen LogP contribution in [0.3, 0.4) is 0 Å². The van der Waals surface area contributed by atoms with Crippen molar-refractivity contribution in [1.29, 1.82) is 0 Å². The molecule has 0 aliphatic heterocycles. The van der Waals surface area contributed by atoms with Crippen molar-refractivity contribution in [3.63, 3.8) is 0 Å². The molecular weight excluding hydrogens is 172 g/mol. The summed E-state index contributed by atoms with van der Waals surface area (Å²) in [6, 6.07) is 0. The number of allylic oxidation sites excluding steroid dienone is 2. The molecule has 84 valence electrons. The van der Waals surface area contributed by atoms with Crippen molar-refractivity contribution in [1.82, 2.24) is 0 Å². The summed E-state index contributed by atoms with van der Waals surface area (Å²) < 4.78 is 0. The maximum Gasteiger partial charge on any atom is 0.0540 e. The van der Waals surface area contributed by atoms with Crippen molar-refractivity contribution in [2.24, 2.45) is 0 Å². The molecule has 0 amide bonds. The van der Waals surface area contributed by atoms with Crippen molar-refractivity contribution < 1.29 is 5.11 Å². The number of hydrogen-bond acceptors (Lipinski definition) is 1. The molecule has 0 aliphatic rings. The summed E-state index contributed by atoms with van der Waals surface area (Å²) in [5, 5.41) is 9.56. The molecule has 0 bridgehead atoms. The van der Waals surface area contributed by atoms with Gasteiger partial charge in [-0.2, -0.15) is 0 Å². The van der Waals surface area contributed by atoms with E-state index in [0.29, 0.717) is 0 Å². The van der Waals surface area contributed by atoms with Crippen LogP contribution >= 0.6 is 0 Å². The van der Waals surface area contributed by atoms with Crippen LogP contribution in [0.25, 0.3) is 0 Å². The van der Waals surface area contributed by atoms with E-state index >= 15 is 0 Å². The van der Waals surface area contributed by atoms with E-state index in [1.165, 1.54) is 19.3 Å². The van der Waals surface area contributed by atoms with E-state index in [1.807, 2.05) is 0 Å². The number of aliphatic hydroxyl groups excluding tert-OH is 1. The monoisotopic (exact) mass is 198 g/mol. The molecule has 0 spiro atoms. The third-order valence-corrected chi connectivity index (χ3v) is 2.42. The van der Waals surface area contributed by atoms with E-state index in [9.17, 15) is 5.11 Å². The van der Waals surface area contributed by atoms with E-state index in [0.717, 1.165) is 32.1 Å². The van der Waals surface area contributed by atoms with Gasteiger partial charge in [-0.05, 0) is 32.1 Å². The third-order valence-electron chi connectivity index (χ3n) is 2.42. The van der Waals surface area contributed by atoms with E-state index in [1.54, 1.807) is 0 Å². The van der Waals surface area contributed by atoms with Gasteiger partial charge < -0.3 is 5.11 Å². The van der Waals surface area contributed by atoms with Crippen molar-refractivity contribution in [2.45, 2.75) is 71.3 Å². The minimum Gasteiger partial charge on any atom is -0.393 e. The average Bonchev–Trinajstić information content (AvgIpc) is 2.20. The molecule has 0 aromatic carbocycles. The Balaban J connectivity index is 3.18. The summed E-state index contributed by atoms with van der Waals surface area (Å²) in [7, 11) is 0. The van der Waals surface area contributed by atoms with E-state index < -0.39 is 0 Å². The molecule has 0 radical (unpaired) electrons. The zero-order valence-corrected chi connectivity index (χ0v) is 9.84. The summed E-state index contributed by atoms with van der Waals surface area (Å²) in [5.74, 6) is 0. The van der Waals surface area contributed by atoms with Crippen molar-refractivity contribution in [3.8, 4) is 0 Å². The molecule has 1 heteroatoms. The Morgan fingerprint density at radius 1 is 0.929 bits per heavy atom. The lowest BCUT2D eigenvalue weighted by molar-refractivity contribution is 0.149. The first-order valence-corrected chi connectivity index (χ1v) is 6.14. The molecule has 0 saturated carbocycles. The molecule has 0 heterocycles. The molecular formula is C13H26O. The lowest BCUT2D eigenvalue weighted by atomic mass is 10.1. The molecule has 0 aromatic heterocycles. The molecule has 1 nitrogen and oxygen atoms in total. The number of unbranched alkanes of at least 4 members (excludes halogenated alkanes) is 3. The number of rotatable bonds is 9. The first kappa shape index (κ1) is 13.7. The second kappa shape index (κ2) is 10.8.